The van der Waals surface area contributed by atoms with Crippen LogP contribution in [-0.4, -0.2) is 23.9 Å². The Labute approximate surface area is 178 Å². The van der Waals surface area contributed by atoms with Crippen LogP contribution < -0.4 is 10.5 Å². The van der Waals surface area contributed by atoms with Gasteiger partial charge in [-0.2, -0.15) is 0 Å². The summed E-state index contributed by atoms with van der Waals surface area (Å²) in [6.07, 6.45) is 1.64. The molecule has 0 radical (unpaired) electrons. The Morgan fingerprint density at radius 2 is 1.71 bits per heavy atom. The van der Waals surface area contributed by atoms with Crippen molar-refractivity contribution in [2.24, 2.45) is 5.73 Å². The van der Waals surface area contributed by atoms with Crippen molar-refractivity contribution in [3.63, 3.8) is 0 Å². The first-order chi connectivity index (χ1) is 14.8. The molecule has 31 heavy (non-hydrogen) atoms. The van der Waals surface area contributed by atoms with Gasteiger partial charge in [-0.25, -0.2) is 22.5 Å². The lowest BCUT2D eigenvalue weighted by molar-refractivity contribution is 0.1000. The minimum absolute atomic E-state index is 0.0138. The molecule has 1 heterocycles. The molecule has 3 aromatic carbocycles. The van der Waals surface area contributed by atoms with Gasteiger partial charge in [-0.3, -0.25) is 4.79 Å². The zero-order valence-corrected chi connectivity index (χ0v) is 17.1. The highest BCUT2D eigenvalue weighted by molar-refractivity contribution is 7.89. The number of nitrogens with zero attached hydrogens (tertiary/aromatic N) is 2. The average molecular weight is 438 g/mol. The third-order valence-corrected chi connectivity index (χ3v) is 6.41. The summed E-state index contributed by atoms with van der Waals surface area (Å²) in [7, 11) is -3.95. The fraction of sp³-hybridized carbons (Fsp3) is 0.0909. The molecule has 0 unspecified atom stereocenters. The number of sulfonamides is 1. The zero-order chi connectivity index (χ0) is 22.0. The van der Waals surface area contributed by atoms with Crippen LogP contribution in [0, 0.1) is 5.82 Å². The first-order valence-corrected chi connectivity index (χ1v) is 10.9. The number of halogens is 1. The average Bonchev–Trinajstić information content (AvgIpc) is 3.17. The van der Waals surface area contributed by atoms with E-state index in [0.29, 0.717) is 5.56 Å². The van der Waals surface area contributed by atoms with Crippen LogP contribution in [0.15, 0.2) is 84.0 Å². The molecule has 0 saturated carbocycles. The van der Waals surface area contributed by atoms with E-state index in [4.69, 9.17) is 5.73 Å². The lowest BCUT2D eigenvalue weighted by atomic mass is 10.1. The molecule has 158 valence electrons. The molecule has 0 spiro atoms. The number of carbonyl (C=O) groups is 1. The minimum atomic E-state index is -3.95. The highest BCUT2D eigenvalue weighted by Crippen LogP contribution is 2.22. The molecule has 9 heteroatoms. The quantitative estimate of drug-likeness (QED) is 0.462. The second-order valence-electron chi connectivity index (χ2n) is 7.00. The van der Waals surface area contributed by atoms with E-state index >= 15 is 0 Å². The Morgan fingerprint density at radius 3 is 2.39 bits per heavy atom. The van der Waals surface area contributed by atoms with Crippen LogP contribution in [0.2, 0.25) is 0 Å². The van der Waals surface area contributed by atoms with Crippen molar-refractivity contribution in [3.8, 4) is 0 Å². The zero-order valence-electron chi connectivity index (χ0n) is 16.3. The van der Waals surface area contributed by atoms with Gasteiger partial charge in [-0.15, -0.1) is 0 Å². The van der Waals surface area contributed by atoms with E-state index in [2.05, 4.69) is 9.71 Å². The summed E-state index contributed by atoms with van der Waals surface area (Å²) < 4.78 is 44.0. The first kappa shape index (κ1) is 20.7. The topological polar surface area (TPSA) is 107 Å². The standard InChI is InChI=1S/C22H19FN4O3S/c23-17-9-5-15(6-10-17)20(13-27-14-25-19-3-1-2-4-21(19)27)26-31(29,30)18-11-7-16(8-12-18)22(24)28/h1-12,14,20,26H,13H2,(H2,24,28)/t20-/m1/s1. The van der Waals surface area contributed by atoms with Crippen LogP contribution in [-0.2, 0) is 16.6 Å². The number of imidazole rings is 1. The number of para-hydroxylation sites is 2. The van der Waals surface area contributed by atoms with Gasteiger partial charge in [0.05, 0.1) is 28.3 Å². The molecule has 7 nitrogen and oxygen atoms in total. The van der Waals surface area contributed by atoms with Gasteiger partial charge in [-0.05, 0) is 54.1 Å². The van der Waals surface area contributed by atoms with Crippen LogP contribution in [0.3, 0.4) is 0 Å². The van der Waals surface area contributed by atoms with Gasteiger partial charge >= 0.3 is 0 Å². The maximum atomic E-state index is 13.4. The van der Waals surface area contributed by atoms with Gasteiger partial charge < -0.3 is 10.3 Å². The van der Waals surface area contributed by atoms with Crippen molar-refractivity contribution in [2.45, 2.75) is 17.5 Å². The smallest absolute Gasteiger partial charge is 0.248 e. The molecular weight excluding hydrogens is 419 g/mol. The van der Waals surface area contributed by atoms with E-state index in [-0.39, 0.29) is 17.0 Å². The molecule has 1 aromatic heterocycles. The fourth-order valence-electron chi connectivity index (χ4n) is 3.31. The number of hydrogen-bond acceptors (Lipinski definition) is 4. The highest BCUT2D eigenvalue weighted by atomic mass is 32.2. The molecule has 0 bridgehead atoms. The molecule has 0 aliphatic heterocycles. The number of primary amides is 1. The predicted molar refractivity (Wildman–Crippen MR) is 114 cm³/mol. The van der Waals surface area contributed by atoms with E-state index in [0.717, 1.165) is 11.0 Å². The third-order valence-electron chi connectivity index (χ3n) is 4.93. The number of benzene rings is 3. The summed E-state index contributed by atoms with van der Waals surface area (Å²) in [5.41, 5.74) is 7.65. The Balaban J connectivity index is 1.68. The van der Waals surface area contributed by atoms with Crippen molar-refractivity contribution in [1.82, 2.24) is 14.3 Å². The molecule has 0 saturated heterocycles. The van der Waals surface area contributed by atoms with Gasteiger partial charge in [0.15, 0.2) is 0 Å². The number of nitrogens with one attached hydrogen (secondary N) is 1. The molecule has 1 amide bonds. The maximum Gasteiger partial charge on any atom is 0.248 e. The van der Waals surface area contributed by atoms with Crippen molar-refractivity contribution in [1.29, 1.82) is 0 Å². The van der Waals surface area contributed by atoms with Crippen molar-refractivity contribution in [3.05, 3.63) is 96.1 Å². The Bertz CT molecular complexity index is 1330. The van der Waals surface area contributed by atoms with Crippen molar-refractivity contribution in [2.75, 3.05) is 0 Å². The molecule has 1 atom stereocenters. The second kappa shape index (κ2) is 8.29. The van der Waals surface area contributed by atoms with Crippen LogP contribution in [0.5, 0.6) is 0 Å². The number of carbonyl (C=O) groups excluding carboxylic acids is 1. The third kappa shape index (κ3) is 4.47. The fourth-order valence-corrected chi connectivity index (χ4v) is 4.53. The summed E-state index contributed by atoms with van der Waals surface area (Å²) in [6.45, 7) is 0.241. The Morgan fingerprint density at radius 1 is 1.03 bits per heavy atom. The lowest BCUT2D eigenvalue weighted by Crippen LogP contribution is -2.31. The molecule has 4 aromatic rings. The van der Waals surface area contributed by atoms with Crippen LogP contribution >= 0.6 is 0 Å². The predicted octanol–water partition coefficient (Wildman–Crippen LogP) is 2.99. The van der Waals surface area contributed by atoms with E-state index in [1.54, 1.807) is 6.33 Å². The van der Waals surface area contributed by atoms with E-state index in [1.807, 2.05) is 28.8 Å². The summed E-state index contributed by atoms with van der Waals surface area (Å²) >= 11 is 0. The van der Waals surface area contributed by atoms with Crippen LogP contribution in [0.1, 0.15) is 22.0 Å². The number of fused-ring (bicyclic) bond motifs is 1. The maximum absolute atomic E-state index is 13.4. The SMILES string of the molecule is NC(=O)c1ccc(S(=O)(=O)N[C@H](Cn2cnc3ccccc32)c2ccc(F)cc2)cc1. The number of hydrogen-bond donors (Lipinski definition) is 2. The van der Waals surface area contributed by atoms with Gasteiger partial charge in [0.2, 0.25) is 15.9 Å². The molecule has 4 rings (SSSR count). The second-order valence-corrected chi connectivity index (χ2v) is 8.71. The summed E-state index contributed by atoms with van der Waals surface area (Å²) in [5.74, 6) is -1.06. The molecule has 0 aliphatic rings. The van der Waals surface area contributed by atoms with Gasteiger partial charge in [0.1, 0.15) is 5.82 Å². The van der Waals surface area contributed by atoms with Gasteiger partial charge in [-0.1, -0.05) is 24.3 Å². The summed E-state index contributed by atoms with van der Waals surface area (Å²) in [6, 6.07) is 17.8. The summed E-state index contributed by atoms with van der Waals surface area (Å²) in [4.78, 5) is 15.6. The van der Waals surface area contributed by atoms with Crippen LogP contribution in [0.4, 0.5) is 4.39 Å². The largest absolute Gasteiger partial charge is 0.366 e. The van der Waals surface area contributed by atoms with E-state index in [9.17, 15) is 17.6 Å². The van der Waals surface area contributed by atoms with Gasteiger partial charge in [0, 0.05) is 12.1 Å². The lowest BCUT2D eigenvalue weighted by Gasteiger charge is -2.20. The normalized spacial score (nSPS) is 12.7. The first-order valence-electron chi connectivity index (χ1n) is 9.41. The van der Waals surface area contributed by atoms with E-state index in [1.165, 1.54) is 48.5 Å². The van der Waals surface area contributed by atoms with Crippen molar-refractivity contribution >= 4 is 27.0 Å². The van der Waals surface area contributed by atoms with Gasteiger partial charge in [0.25, 0.3) is 0 Å². The molecule has 0 aliphatic carbocycles. The van der Waals surface area contributed by atoms with Crippen molar-refractivity contribution < 1.29 is 17.6 Å². The number of aromatic nitrogens is 2. The minimum Gasteiger partial charge on any atom is -0.366 e. The van der Waals surface area contributed by atoms with E-state index < -0.39 is 27.8 Å². The molecule has 0 fully saturated rings. The monoisotopic (exact) mass is 438 g/mol. The number of rotatable bonds is 7. The molecular formula is C22H19FN4O3S. The highest BCUT2D eigenvalue weighted by Gasteiger charge is 2.23. The van der Waals surface area contributed by atoms with Crippen LogP contribution in [0.25, 0.3) is 11.0 Å². The Kier molecular flexibility index (Phi) is 5.53. The summed E-state index contributed by atoms with van der Waals surface area (Å²) in [5, 5.41) is 0. The number of nitrogens with two attached hydrogens (primary N) is 1. The molecule has 3 N–H and O–H groups in total. The Hall–Kier alpha value is -3.56. The number of amides is 1.